The van der Waals surface area contributed by atoms with Crippen LogP contribution in [0.1, 0.15) is 41.0 Å². The normalized spacial score (nSPS) is 13.9. The number of amides is 1. The molecule has 2 N–H and O–H groups in total. The van der Waals surface area contributed by atoms with Crippen LogP contribution in [0.5, 0.6) is 0 Å². The van der Waals surface area contributed by atoms with Crippen molar-refractivity contribution in [3.05, 3.63) is 70.9 Å². The summed E-state index contributed by atoms with van der Waals surface area (Å²) in [4.78, 5) is 20.1. The summed E-state index contributed by atoms with van der Waals surface area (Å²) in [5.74, 6) is 0.807. The van der Waals surface area contributed by atoms with E-state index in [-0.39, 0.29) is 5.91 Å². The highest BCUT2D eigenvalue weighted by molar-refractivity contribution is 5.99. The van der Waals surface area contributed by atoms with Gasteiger partial charge in [-0.15, -0.1) is 0 Å². The van der Waals surface area contributed by atoms with Crippen molar-refractivity contribution in [2.24, 2.45) is 0 Å². The molecule has 1 aliphatic rings. The average molecular weight is 442 g/mol. The maximum Gasteiger partial charge on any atom is 0.251 e. The lowest BCUT2D eigenvalue weighted by molar-refractivity contribution is 0.0951. The third-order valence-electron chi connectivity index (χ3n) is 6.82. The topological polar surface area (TPSA) is 62.2 Å². The minimum absolute atomic E-state index is 0.0400. The largest absolute Gasteiger partial charge is 0.373 e. The van der Waals surface area contributed by atoms with Gasteiger partial charge in [0, 0.05) is 67.2 Å². The van der Waals surface area contributed by atoms with Gasteiger partial charge in [-0.25, -0.2) is 4.98 Å². The van der Waals surface area contributed by atoms with E-state index in [9.17, 15) is 4.79 Å². The number of carbonyl (C=O) groups excluding carboxylic acids is 1. The van der Waals surface area contributed by atoms with Crippen LogP contribution in [0.2, 0.25) is 0 Å². The number of nitrogens with one attached hydrogen (secondary N) is 2. The Morgan fingerprint density at radius 2 is 1.94 bits per heavy atom. The van der Waals surface area contributed by atoms with E-state index in [2.05, 4.69) is 63.2 Å². The quantitative estimate of drug-likeness (QED) is 0.461. The molecule has 0 radical (unpaired) electrons. The molecule has 6 nitrogen and oxygen atoms in total. The second-order valence-corrected chi connectivity index (χ2v) is 8.68. The van der Waals surface area contributed by atoms with E-state index >= 15 is 0 Å². The zero-order chi connectivity index (χ0) is 22.9. The van der Waals surface area contributed by atoms with Gasteiger partial charge < -0.3 is 15.2 Å². The Hall–Kier alpha value is -3.38. The van der Waals surface area contributed by atoms with Crippen molar-refractivity contribution in [1.82, 2.24) is 19.8 Å². The van der Waals surface area contributed by atoms with Crippen molar-refractivity contribution in [2.75, 3.05) is 25.5 Å². The van der Waals surface area contributed by atoms with E-state index in [1.807, 2.05) is 31.3 Å². The standard InChI is InChI=1S/C27H31N5O/c1-4-31-13-12-25-22(17-31)21-15-20(7-10-24(21)32(25)5-2)27(33)29-16-18-6-9-23-19(14-18)8-11-26(28-3)30-23/h6-11,14-15H,4-5,12-13,16-17H2,1-3H3,(H,28,30)(H,29,33). The summed E-state index contributed by atoms with van der Waals surface area (Å²) in [6, 6.07) is 16.3. The van der Waals surface area contributed by atoms with Crippen LogP contribution in [0.4, 0.5) is 5.82 Å². The molecule has 2 aromatic heterocycles. The summed E-state index contributed by atoms with van der Waals surface area (Å²) < 4.78 is 2.42. The van der Waals surface area contributed by atoms with Crippen LogP contribution >= 0.6 is 0 Å². The number of aryl methyl sites for hydroxylation is 1. The first-order chi connectivity index (χ1) is 16.1. The fourth-order valence-corrected chi connectivity index (χ4v) is 4.99. The number of anilines is 1. The minimum atomic E-state index is -0.0400. The first-order valence-electron chi connectivity index (χ1n) is 11.8. The average Bonchev–Trinajstić information content (AvgIpc) is 3.18. The summed E-state index contributed by atoms with van der Waals surface area (Å²) >= 11 is 0. The maximum absolute atomic E-state index is 13.0. The van der Waals surface area contributed by atoms with Gasteiger partial charge in [0.15, 0.2) is 0 Å². The molecular weight excluding hydrogens is 410 g/mol. The summed E-state index contributed by atoms with van der Waals surface area (Å²) in [5.41, 5.74) is 6.77. The van der Waals surface area contributed by atoms with Gasteiger partial charge in [0.05, 0.1) is 5.52 Å². The first kappa shape index (κ1) is 21.5. The Kier molecular flexibility index (Phi) is 5.77. The summed E-state index contributed by atoms with van der Waals surface area (Å²) in [6.07, 6.45) is 1.07. The SMILES string of the molecule is CCN1CCc2c(c3cc(C(=O)NCc4ccc5nc(NC)ccc5c4)ccc3n2CC)C1. The van der Waals surface area contributed by atoms with Gasteiger partial charge in [0.25, 0.3) is 5.91 Å². The van der Waals surface area contributed by atoms with E-state index in [4.69, 9.17) is 0 Å². The molecule has 1 amide bonds. The van der Waals surface area contributed by atoms with Crippen LogP contribution in [0.3, 0.4) is 0 Å². The van der Waals surface area contributed by atoms with Gasteiger partial charge in [-0.05, 0) is 67.1 Å². The molecule has 0 saturated heterocycles. The summed E-state index contributed by atoms with van der Waals surface area (Å²) in [7, 11) is 1.86. The second kappa shape index (κ2) is 8.87. The number of likely N-dealkylation sites (N-methyl/N-ethyl adjacent to an activating group) is 1. The lowest BCUT2D eigenvalue weighted by Crippen LogP contribution is -2.30. The lowest BCUT2D eigenvalue weighted by atomic mass is 10.0. The van der Waals surface area contributed by atoms with Crippen molar-refractivity contribution in [3.63, 3.8) is 0 Å². The van der Waals surface area contributed by atoms with Crippen LogP contribution in [-0.4, -0.2) is 40.5 Å². The molecule has 0 saturated carbocycles. The maximum atomic E-state index is 13.0. The molecule has 5 rings (SSSR count). The Morgan fingerprint density at radius 1 is 1.06 bits per heavy atom. The van der Waals surface area contributed by atoms with E-state index in [0.29, 0.717) is 12.1 Å². The molecule has 0 spiro atoms. The Bertz CT molecular complexity index is 1340. The Morgan fingerprint density at radius 3 is 2.73 bits per heavy atom. The summed E-state index contributed by atoms with van der Waals surface area (Å²) in [5, 5.41) is 8.44. The zero-order valence-corrected chi connectivity index (χ0v) is 19.6. The van der Waals surface area contributed by atoms with E-state index in [1.54, 1.807) is 0 Å². The molecule has 6 heteroatoms. The predicted molar refractivity (Wildman–Crippen MR) is 135 cm³/mol. The number of fused-ring (bicyclic) bond motifs is 4. The van der Waals surface area contributed by atoms with Crippen LogP contribution in [0.15, 0.2) is 48.5 Å². The lowest BCUT2D eigenvalue weighted by Gasteiger charge is -2.26. The van der Waals surface area contributed by atoms with Crippen molar-refractivity contribution in [1.29, 1.82) is 0 Å². The highest BCUT2D eigenvalue weighted by Crippen LogP contribution is 2.31. The van der Waals surface area contributed by atoms with Crippen LogP contribution in [0.25, 0.3) is 21.8 Å². The first-order valence-corrected chi connectivity index (χ1v) is 11.8. The van der Waals surface area contributed by atoms with Gasteiger partial charge >= 0.3 is 0 Å². The van der Waals surface area contributed by atoms with E-state index in [0.717, 1.165) is 54.9 Å². The Labute approximate surface area is 194 Å². The van der Waals surface area contributed by atoms with Gasteiger partial charge in [-0.3, -0.25) is 9.69 Å². The molecule has 33 heavy (non-hydrogen) atoms. The van der Waals surface area contributed by atoms with Crippen molar-refractivity contribution >= 4 is 33.5 Å². The van der Waals surface area contributed by atoms with Crippen LogP contribution in [0, 0.1) is 0 Å². The number of pyridine rings is 1. The minimum Gasteiger partial charge on any atom is -0.373 e. The third-order valence-corrected chi connectivity index (χ3v) is 6.82. The smallest absolute Gasteiger partial charge is 0.251 e. The van der Waals surface area contributed by atoms with Crippen molar-refractivity contribution in [2.45, 2.75) is 39.9 Å². The molecule has 3 heterocycles. The number of benzene rings is 2. The number of hydrogen-bond acceptors (Lipinski definition) is 4. The zero-order valence-electron chi connectivity index (χ0n) is 19.6. The molecule has 0 aliphatic carbocycles. The highest BCUT2D eigenvalue weighted by atomic mass is 16.1. The van der Waals surface area contributed by atoms with Crippen LogP contribution < -0.4 is 10.6 Å². The molecule has 4 aromatic rings. The Balaban J connectivity index is 1.38. The summed E-state index contributed by atoms with van der Waals surface area (Å²) in [6.45, 7) is 8.96. The fraction of sp³-hybridized carbons (Fsp3) is 0.333. The van der Waals surface area contributed by atoms with E-state index < -0.39 is 0 Å². The molecule has 0 bridgehead atoms. The number of carbonyl (C=O) groups is 1. The molecule has 2 aromatic carbocycles. The third kappa shape index (κ3) is 3.95. The van der Waals surface area contributed by atoms with Crippen molar-refractivity contribution < 1.29 is 4.79 Å². The molecule has 0 fully saturated rings. The number of nitrogens with zero attached hydrogens (tertiary/aromatic N) is 3. The monoisotopic (exact) mass is 441 g/mol. The fourth-order valence-electron chi connectivity index (χ4n) is 4.99. The van der Waals surface area contributed by atoms with Crippen molar-refractivity contribution in [3.8, 4) is 0 Å². The van der Waals surface area contributed by atoms with Gasteiger partial charge in [0.2, 0.25) is 0 Å². The van der Waals surface area contributed by atoms with E-state index in [1.165, 1.54) is 22.2 Å². The number of rotatable bonds is 6. The molecule has 1 aliphatic heterocycles. The van der Waals surface area contributed by atoms with Gasteiger partial charge in [0.1, 0.15) is 5.82 Å². The molecule has 0 unspecified atom stereocenters. The molecule has 170 valence electrons. The second-order valence-electron chi connectivity index (χ2n) is 8.68. The van der Waals surface area contributed by atoms with Gasteiger partial charge in [-0.2, -0.15) is 0 Å². The molecular formula is C27H31N5O. The highest BCUT2D eigenvalue weighted by Gasteiger charge is 2.23. The van der Waals surface area contributed by atoms with Crippen LogP contribution in [-0.2, 0) is 26.1 Å². The van der Waals surface area contributed by atoms with Gasteiger partial charge in [-0.1, -0.05) is 13.0 Å². The molecule has 0 atom stereocenters. The number of hydrogen-bond donors (Lipinski definition) is 2. The number of aromatic nitrogens is 2. The predicted octanol–water partition coefficient (Wildman–Crippen LogP) is 4.56.